The first kappa shape index (κ1) is 9.38. The van der Waals surface area contributed by atoms with Crippen LogP contribution in [-0.2, 0) is 0 Å². The fourth-order valence-electron chi connectivity index (χ4n) is 0.596. The zero-order valence-electron chi connectivity index (χ0n) is 5.86. The van der Waals surface area contributed by atoms with Crippen LogP contribution < -0.4 is 11.9 Å². The second kappa shape index (κ2) is 3.52. The molecule has 5 N–H and O–H groups in total. The highest BCUT2D eigenvalue weighted by Gasteiger charge is 2.00. The quantitative estimate of drug-likeness (QED) is 0.362. The lowest BCUT2D eigenvalue weighted by molar-refractivity contribution is -0.384. The lowest BCUT2D eigenvalue weighted by atomic mass is 10.3. The number of hydrogen-bond donors (Lipinski definition) is 2. The third-order valence-corrected chi connectivity index (χ3v) is 1.10. The molecule has 0 saturated heterocycles. The van der Waals surface area contributed by atoms with E-state index in [-0.39, 0.29) is 11.8 Å². The van der Waals surface area contributed by atoms with Crippen LogP contribution in [0.1, 0.15) is 0 Å². The van der Waals surface area contributed by atoms with Gasteiger partial charge in [-0.1, -0.05) is 0 Å². The second-order valence-corrected chi connectivity index (χ2v) is 1.85. The van der Waals surface area contributed by atoms with Gasteiger partial charge in [-0.05, 0) is 12.1 Å². The summed E-state index contributed by atoms with van der Waals surface area (Å²) in [5.74, 6) is 0. The fourth-order valence-corrected chi connectivity index (χ4v) is 0.596. The maximum Gasteiger partial charge on any atom is 0.269 e. The molecule has 0 heterocycles. The molecule has 5 heteroatoms. The first-order valence-corrected chi connectivity index (χ1v) is 2.70. The first-order valence-electron chi connectivity index (χ1n) is 2.70. The molecule has 0 atom stereocenters. The van der Waals surface area contributed by atoms with Gasteiger partial charge in [-0.3, -0.25) is 10.1 Å². The molecule has 0 radical (unpaired) electrons. The van der Waals surface area contributed by atoms with Crippen molar-refractivity contribution in [1.29, 1.82) is 0 Å². The molecule has 0 unspecified atom stereocenters. The first-order chi connectivity index (χ1) is 4.70. The molecule has 0 aliphatic rings. The van der Waals surface area contributed by atoms with E-state index in [1.165, 1.54) is 24.3 Å². The Labute approximate surface area is 63.6 Å². The number of anilines is 1. The molecule has 1 aromatic rings. The molecule has 0 spiro atoms. The Morgan fingerprint density at radius 2 is 1.73 bits per heavy atom. The SMILES string of the molecule is N.Nc1ccc([N+](=O)[O-])cc1. The molecule has 60 valence electrons. The third kappa shape index (κ3) is 2.23. The van der Waals surface area contributed by atoms with Crippen LogP contribution in [0.5, 0.6) is 0 Å². The predicted octanol–water partition coefficient (Wildman–Crippen LogP) is 1.34. The van der Waals surface area contributed by atoms with Gasteiger partial charge in [-0.25, -0.2) is 0 Å². The van der Waals surface area contributed by atoms with Crippen molar-refractivity contribution in [3.05, 3.63) is 34.4 Å². The predicted molar refractivity (Wildman–Crippen MR) is 42.5 cm³/mol. The smallest absolute Gasteiger partial charge is 0.269 e. The highest BCUT2D eigenvalue weighted by molar-refractivity contribution is 5.44. The number of rotatable bonds is 1. The Kier molecular flexibility index (Phi) is 3.01. The standard InChI is InChI=1S/C6H6N2O2.H3N/c7-5-1-3-6(4-2-5)8(9)10;/h1-4H,7H2;1H3. The Hall–Kier alpha value is -1.62. The molecule has 1 rings (SSSR count). The van der Waals surface area contributed by atoms with Gasteiger partial charge in [0, 0.05) is 17.8 Å². The minimum absolute atomic E-state index is 0. The number of non-ortho nitro benzene ring substituents is 1. The van der Waals surface area contributed by atoms with Crippen molar-refractivity contribution in [3.8, 4) is 0 Å². The van der Waals surface area contributed by atoms with Gasteiger partial charge < -0.3 is 11.9 Å². The Bertz CT molecular complexity index is 245. The van der Waals surface area contributed by atoms with Crippen molar-refractivity contribution in [2.24, 2.45) is 0 Å². The van der Waals surface area contributed by atoms with Gasteiger partial charge in [0.05, 0.1) is 4.92 Å². The van der Waals surface area contributed by atoms with E-state index in [1.54, 1.807) is 0 Å². The van der Waals surface area contributed by atoms with Crippen molar-refractivity contribution in [2.75, 3.05) is 5.73 Å². The average molecular weight is 155 g/mol. The summed E-state index contributed by atoms with van der Waals surface area (Å²) in [6, 6.07) is 5.74. The normalized spacial score (nSPS) is 8.36. The van der Waals surface area contributed by atoms with E-state index in [0.717, 1.165) is 0 Å². The zero-order chi connectivity index (χ0) is 7.56. The summed E-state index contributed by atoms with van der Waals surface area (Å²) in [5, 5.41) is 10.1. The zero-order valence-corrected chi connectivity index (χ0v) is 5.86. The number of nitrogen functional groups attached to an aromatic ring is 1. The summed E-state index contributed by atoms with van der Waals surface area (Å²) in [6.45, 7) is 0. The molecule has 0 bridgehead atoms. The maximum atomic E-state index is 10.1. The lowest BCUT2D eigenvalue weighted by Crippen LogP contribution is -1.88. The molecular weight excluding hydrogens is 146 g/mol. The minimum atomic E-state index is -0.459. The molecule has 0 aromatic heterocycles. The van der Waals surface area contributed by atoms with Crippen molar-refractivity contribution < 1.29 is 4.92 Å². The molecule has 11 heavy (non-hydrogen) atoms. The maximum absolute atomic E-state index is 10.1. The second-order valence-electron chi connectivity index (χ2n) is 1.85. The fraction of sp³-hybridized carbons (Fsp3) is 0. The van der Waals surface area contributed by atoms with Gasteiger partial charge in [-0.15, -0.1) is 0 Å². The van der Waals surface area contributed by atoms with E-state index in [2.05, 4.69) is 0 Å². The van der Waals surface area contributed by atoms with Gasteiger partial charge in [0.25, 0.3) is 5.69 Å². The number of hydrogen-bond acceptors (Lipinski definition) is 4. The summed E-state index contributed by atoms with van der Waals surface area (Å²) in [4.78, 5) is 9.62. The van der Waals surface area contributed by atoms with Crippen molar-refractivity contribution in [2.45, 2.75) is 0 Å². The van der Waals surface area contributed by atoms with E-state index in [0.29, 0.717) is 5.69 Å². The Morgan fingerprint density at radius 1 is 1.27 bits per heavy atom. The van der Waals surface area contributed by atoms with Crippen LogP contribution in [0, 0.1) is 10.1 Å². The van der Waals surface area contributed by atoms with Crippen LogP contribution in [0.4, 0.5) is 11.4 Å². The largest absolute Gasteiger partial charge is 0.399 e. The van der Waals surface area contributed by atoms with E-state index < -0.39 is 4.92 Å². The van der Waals surface area contributed by atoms with Crippen molar-refractivity contribution >= 4 is 11.4 Å². The summed E-state index contributed by atoms with van der Waals surface area (Å²) in [5.41, 5.74) is 5.90. The molecule has 0 aliphatic carbocycles. The summed E-state index contributed by atoms with van der Waals surface area (Å²) in [6.07, 6.45) is 0. The van der Waals surface area contributed by atoms with Gasteiger partial charge in [-0.2, -0.15) is 0 Å². The molecule has 0 saturated carbocycles. The number of nitro benzene ring substituents is 1. The van der Waals surface area contributed by atoms with E-state index in [4.69, 9.17) is 5.73 Å². The average Bonchev–Trinajstić information content (AvgIpc) is 1.88. The molecule has 0 aliphatic heterocycles. The number of nitrogens with two attached hydrogens (primary N) is 1. The Balaban J connectivity index is 0.000001000. The van der Waals surface area contributed by atoms with Crippen LogP contribution in [0.25, 0.3) is 0 Å². The molecule has 1 aromatic carbocycles. The lowest BCUT2D eigenvalue weighted by Gasteiger charge is -1.90. The van der Waals surface area contributed by atoms with E-state index in [1.807, 2.05) is 0 Å². The molecular formula is C6H9N3O2. The number of nitrogens with zero attached hydrogens (tertiary/aromatic N) is 1. The Morgan fingerprint density at radius 3 is 2.09 bits per heavy atom. The van der Waals surface area contributed by atoms with Gasteiger partial charge in [0.15, 0.2) is 0 Å². The molecule has 0 amide bonds. The van der Waals surface area contributed by atoms with Crippen LogP contribution in [0.2, 0.25) is 0 Å². The number of nitro groups is 1. The van der Waals surface area contributed by atoms with Crippen LogP contribution >= 0.6 is 0 Å². The minimum Gasteiger partial charge on any atom is -0.399 e. The summed E-state index contributed by atoms with van der Waals surface area (Å²) >= 11 is 0. The number of benzene rings is 1. The summed E-state index contributed by atoms with van der Waals surface area (Å²) < 4.78 is 0. The van der Waals surface area contributed by atoms with Gasteiger partial charge in [0.1, 0.15) is 0 Å². The molecule has 0 fully saturated rings. The van der Waals surface area contributed by atoms with Crippen molar-refractivity contribution in [3.63, 3.8) is 0 Å². The van der Waals surface area contributed by atoms with E-state index in [9.17, 15) is 10.1 Å². The van der Waals surface area contributed by atoms with Crippen molar-refractivity contribution in [1.82, 2.24) is 6.15 Å². The van der Waals surface area contributed by atoms with E-state index >= 15 is 0 Å². The van der Waals surface area contributed by atoms with Crippen LogP contribution in [-0.4, -0.2) is 4.92 Å². The highest BCUT2D eigenvalue weighted by Crippen LogP contribution is 2.11. The topological polar surface area (TPSA) is 104 Å². The molecule has 5 nitrogen and oxygen atoms in total. The van der Waals surface area contributed by atoms with Crippen LogP contribution in [0.15, 0.2) is 24.3 Å². The van der Waals surface area contributed by atoms with Gasteiger partial charge in [0.2, 0.25) is 0 Å². The monoisotopic (exact) mass is 155 g/mol. The highest BCUT2D eigenvalue weighted by atomic mass is 16.6. The van der Waals surface area contributed by atoms with Crippen LogP contribution in [0.3, 0.4) is 0 Å². The van der Waals surface area contributed by atoms with Gasteiger partial charge >= 0.3 is 0 Å². The summed E-state index contributed by atoms with van der Waals surface area (Å²) in [7, 11) is 0. The third-order valence-electron chi connectivity index (χ3n) is 1.10.